The van der Waals surface area contributed by atoms with Gasteiger partial charge in [-0.05, 0) is 27.7 Å². The van der Waals surface area contributed by atoms with E-state index < -0.39 is 10.0 Å². The Kier molecular flexibility index (Phi) is 5.06. The second kappa shape index (κ2) is 6.39. The molecule has 0 N–H and O–H groups in total. The monoisotopic (exact) mass is 345 g/mol. The summed E-state index contributed by atoms with van der Waals surface area (Å²) in [5, 5.41) is 0. The first kappa shape index (κ1) is 18.2. The zero-order chi connectivity index (χ0) is 17.4. The van der Waals surface area contributed by atoms with Crippen LogP contribution in [0, 0.1) is 5.92 Å². The minimum atomic E-state index is -3.19. The molecule has 2 aliphatic rings. The SMILES string of the molecule is CCS(=O)(=O)N1CCN(C(=O)C2CC(=O)N(C(C)(C)C)C2)CC1. The molecule has 0 aliphatic carbocycles. The molecule has 132 valence electrons. The number of piperazine rings is 1. The number of hydrogen-bond donors (Lipinski definition) is 0. The highest BCUT2D eigenvalue weighted by Gasteiger charge is 2.41. The summed E-state index contributed by atoms with van der Waals surface area (Å²) in [7, 11) is -3.19. The van der Waals surface area contributed by atoms with Crippen molar-refractivity contribution in [1.29, 1.82) is 0 Å². The molecule has 1 atom stereocenters. The standard InChI is InChI=1S/C15H27N3O4S/c1-5-23(21,22)17-8-6-16(7-9-17)14(20)12-10-13(19)18(11-12)15(2,3)4/h12H,5-11H2,1-4H3. The Morgan fingerprint density at radius 3 is 2.17 bits per heavy atom. The highest BCUT2D eigenvalue weighted by Crippen LogP contribution is 2.27. The largest absolute Gasteiger partial charge is 0.340 e. The highest BCUT2D eigenvalue weighted by molar-refractivity contribution is 7.89. The lowest BCUT2D eigenvalue weighted by atomic mass is 10.1. The van der Waals surface area contributed by atoms with Gasteiger partial charge < -0.3 is 9.80 Å². The first-order valence-electron chi connectivity index (χ1n) is 8.13. The molecule has 2 saturated heterocycles. The van der Waals surface area contributed by atoms with Crippen LogP contribution in [0.3, 0.4) is 0 Å². The van der Waals surface area contributed by atoms with Crippen LogP contribution in [-0.4, -0.2) is 78.4 Å². The molecule has 0 aromatic heterocycles. The van der Waals surface area contributed by atoms with Gasteiger partial charge in [-0.15, -0.1) is 0 Å². The molecule has 23 heavy (non-hydrogen) atoms. The summed E-state index contributed by atoms with van der Waals surface area (Å²) in [6.07, 6.45) is 0.254. The normalized spacial score (nSPS) is 24.3. The number of nitrogens with zero attached hydrogens (tertiary/aromatic N) is 3. The van der Waals surface area contributed by atoms with E-state index in [4.69, 9.17) is 0 Å². The Hall–Kier alpha value is -1.15. The van der Waals surface area contributed by atoms with Crippen LogP contribution >= 0.6 is 0 Å². The number of likely N-dealkylation sites (tertiary alicyclic amines) is 1. The van der Waals surface area contributed by atoms with E-state index in [-0.39, 0.29) is 35.4 Å². The lowest BCUT2D eigenvalue weighted by Gasteiger charge is -2.35. The Balaban J connectivity index is 1.95. The lowest BCUT2D eigenvalue weighted by molar-refractivity contribution is -0.137. The van der Waals surface area contributed by atoms with Gasteiger partial charge in [0.25, 0.3) is 0 Å². The van der Waals surface area contributed by atoms with Gasteiger partial charge in [0.1, 0.15) is 0 Å². The Bertz CT molecular complexity index is 574. The van der Waals surface area contributed by atoms with Crippen molar-refractivity contribution in [1.82, 2.24) is 14.1 Å². The van der Waals surface area contributed by atoms with Crippen LogP contribution in [-0.2, 0) is 19.6 Å². The number of carbonyl (C=O) groups is 2. The molecule has 2 aliphatic heterocycles. The summed E-state index contributed by atoms with van der Waals surface area (Å²) in [5.41, 5.74) is -0.278. The quantitative estimate of drug-likeness (QED) is 0.728. The third-order valence-corrected chi connectivity index (χ3v) is 6.47. The fourth-order valence-corrected chi connectivity index (χ4v) is 4.23. The number of hydrogen-bond acceptors (Lipinski definition) is 4. The molecule has 2 amide bonds. The summed E-state index contributed by atoms with van der Waals surface area (Å²) < 4.78 is 25.2. The minimum Gasteiger partial charge on any atom is -0.340 e. The predicted octanol–water partition coefficient (Wildman–Crippen LogP) is 0.127. The summed E-state index contributed by atoms with van der Waals surface area (Å²) in [5.74, 6) is -0.240. The fraction of sp³-hybridized carbons (Fsp3) is 0.867. The van der Waals surface area contributed by atoms with E-state index in [0.29, 0.717) is 32.7 Å². The number of rotatable bonds is 3. The zero-order valence-electron chi connectivity index (χ0n) is 14.4. The van der Waals surface area contributed by atoms with Gasteiger partial charge in [-0.1, -0.05) is 0 Å². The average molecular weight is 345 g/mol. The van der Waals surface area contributed by atoms with Crippen molar-refractivity contribution in [2.45, 2.75) is 39.7 Å². The Labute approximate surface area is 138 Å². The molecule has 0 aromatic rings. The van der Waals surface area contributed by atoms with E-state index in [9.17, 15) is 18.0 Å². The molecule has 1 unspecified atom stereocenters. The van der Waals surface area contributed by atoms with Gasteiger partial charge >= 0.3 is 0 Å². The molecule has 8 heteroatoms. The molecule has 0 bridgehead atoms. The van der Waals surface area contributed by atoms with Crippen molar-refractivity contribution in [3.8, 4) is 0 Å². The van der Waals surface area contributed by atoms with Crippen molar-refractivity contribution in [2.75, 3.05) is 38.5 Å². The van der Waals surface area contributed by atoms with E-state index in [1.165, 1.54) is 4.31 Å². The van der Waals surface area contributed by atoms with Crippen molar-refractivity contribution in [3.63, 3.8) is 0 Å². The smallest absolute Gasteiger partial charge is 0.228 e. The van der Waals surface area contributed by atoms with E-state index in [0.717, 1.165) is 0 Å². The van der Waals surface area contributed by atoms with Crippen LogP contribution in [0.15, 0.2) is 0 Å². The molecular formula is C15H27N3O4S. The molecule has 7 nitrogen and oxygen atoms in total. The summed E-state index contributed by atoms with van der Waals surface area (Å²) >= 11 is 0. The topological polar surface area (TPSA) is 78.0 Å². The first-order valence-corrected chi connectivity index (χ1v) is 9.74. The second-order valence-electron chi connectivity index (χ2n) is 7.20. The fourth-order valence-electron chi connectivity index (χ4n) is 3.15. The molecule has 0 aromatic carbocycles. The summed E-state index contributed by atoms with van der Waals surface area (Å²) in [6, 6.07) is 0. The van der Waals surface area contributed by atoms with Gasteiger partial charge in [-0.25, -0.2) is 8.42 Å². The van der Waals surface area contributed by atoms with Gasteiger partial charge in [0.05, 0.1) is 11.7 Å². The van der Waals surface area contributed by atoms with E-state index in [1.807, 2.05) is 20.8 Å². The lowest BCUT2D eigenvalue weighted by Crippen LogP contribution is -2.52. The molecule has 2 rings (SSSR count). The zero-order valence-corrected chi connectivity index (χ0v) is 15.2. The van der Waals surface area contributed by atoms with E-state index in [1.54, 1.807) is 16.7 Å². The molecule has 2 heterocycles. The number of carbonyl (C=O) groups excluding carboxylic acids is 2. The number of sulfonamides is 1. The van der Waals surface area contributed by atoms with E-state index >= 15 is 0 Å². The summed E-state index contributed by atoms with van der Waals surface area (Å²) in [6.45, 7) is 9.45. The first-order chi connectivity index (χ1) is 10.6. The number of amides is 2. The van der Waals surface area contributed by atoms with Crippen molar-refractivity contribution in [3.05, 3.63) is 0 Å². The van der Waals surface area contributed by atoms with E-state index in [2.05, 4.69) is 0 Å². The van der Waals surface area contributed by atoms with Gasteiger partial charge in [-0.2, -0.15) is 4.31 Å². The maximum absolute atomic E-state index is 12.6. The third-order valence-electron chi connectivity index (χ3n) is 4.59. The summed E-state index contributed by atoms with van der Waals surface area (Å²) in [4.78, 5) is 28.2. The maximum atomic E-state index is 12.6. The molecule has 2 fully saturated rings. The van der Waals surface area contributed by atoms with Crippen molar-refractivity contribution >= 4 is 21.8 Å². The van der Waals surface area contributed by atoms with Crippen LogP contribution in [0.2, 0.25) is 0 Å². The van der Waals surface area contributed by atoms with Gasteiger partial charge in [0.2, 0.25) is 21.8 Å². The van der Waals surface area contributed by atoms with Gasteiger partial charge in [-0.3, -0.25) is 9.59 Å². The molecule has 0 radical (unpaired) electrons. The molecular weight excluding hydrogens is 318 g/mol. The van der Waals surface area contributed by atoms with Crippen molar-refractivity contribution in [2.24, 2.45) is 5.92 Å². The van der Waals surface area contributed by atoms with Gasteiger partial charge in [0, 0.05) is 44.7 Å². The van der Waals surface area contributed by atoms with Gasteiger partial charge in [0.15, 0.2) is 0 Å². The highest BCUT2D eigenvalue weighted by atomic mass is 32.2. The molecule has 0 saturated carbocycles. The third kappa shape index (κ3) is 3.85. The van der Waals surface area contributed by atoms with Crippen LogP contribution in [0.4, 0.5) is 0 Å². The maximum Gasteiger partial charge on any atom is 0.228 e. The molecule has 0 spiro atoms. The van der Waals surface area contributed by atoms with Crippen LogP contribution in [0.25, 0.3) is 0 Å². The predicted molar refractivity (Wildman–Crippen MR) is 87.2 cm³/mol. The van der Waals surface area contributed by atoms with Crippen LogP contribution in [0.1, 0.15) is 34.1 Å². The van der Waals surface area contributed by atoms with Crippen molar-refractivity contribution < 1.29 is 18.0 Å². The Morgan fingerprint density at radius 1 is 1.17 bits per heavy atom. The average Bonchev–Trinajstić information content (AvgIpc) is 2.88. The Morgan fingerprint density at radius 2 is 1.74 bits per heavy atom. The van der Waals surface area contributed by atoms with Crippen LogP contribution in [0.5, 0.6) is 0 Å². The second-order valence-corrected chi connectivity index (χ2v) is 9.46. The minimum absolute atomic E-state index is 0.0167. The van der Waals surface area contributed by atoms with Crippen LogP contribution < -0.4 is 0 Å².